The minimum atomic E-state index is -0.160. The van der Waals surface area contributed by atoms with Crippen LogP contribution >= 0.6 is 0 Å². The van der Waals surface area contributed by atoms with Gasteiger partial charge in [-0.25, -0.2) is 4.39 Å². The molecule has 1 saturated heterocycles. The van der Waals surface area contributed by atoms with Gasteiger partial charge in [-0.05, 0) is 30.0 Å². The Labute approximate surface area is 133 Å². The van der Waals surface area contributed by atoms with Crippen LogP contribution in [0.1, 0.15) is 38.8 Å². The van der Waals surface area contributed by atoms with Gasteiger partial charge in [-0.15, -0.1) is 0 Å². The van der Waals surface area contributed by atoms with Crippen LogP contribution in [-0.4, -0.2) is 43.8 Å². The summed E-state index contributed by atoms with van der Waals surface area (Å²) in [5.41, 5.74) is 1.05. The van der Waals surface area contributed by atoms with Crippen molar-refractivity contribution in [2.75, 3.05) is 32.8 Å². The van der Waals surface area contributed by atoms with Crippen molar-refractivity contribution >= 4 is 0 Å². The molecular formula is C18H29FN2O. The summed E-state index contributed by atoms with van der Waals surface area (Å²) in [4.78, 5) is 2.40. The van der Waals surface area contributed by atoms with E-state index >= 15 is 0 Å². The second-order valence-corrected chi connectivity index (χ2v) is 6.39. The van der Waals surface area contributed by atoms with Crippen LogP contribution in [0.25, 0.3) is 0 Å². The molecule has 124 valence electrons. The minimum Gasteiger partial charge on any atom is -0.379 e. The Kier molecular flexibility index (Phi) is 6.80. The highest BCUT2D eigenvalue weighted by Crippen LogP contribution is 2.22. The molecule has 3 nitrogen and oxygen atoms in total. The molecule has 0 aliphatic carbocycles. The van der Waals surface area contributed by atoms with Crippen molar-refractivity contribution < 1.29 is 9.13 Å². The molecule has 1 heterocycles. The molecule has 0 amide bonds. The number of hydrogen-bond acceptors (Lipinski definition) is 3. The van der Waals surface area contributed by atoms with Crippen molar-refractivity contribution in [3.8, 4) is 0 Å². The Hall–Kier alpha value is -0.970. The summed E-state index contributed by atoms with van der Waals surface area (Å²) in [7, 11) is 0. The van der Waals surface area contributed by atoms with Crippen molar-refractivity contribution in [1.82, 2.24) is 10.2 Å². The Bertz CT molecular complexity index is 446. The van der Waals surface area contributed by atoms with Crippen LogP contribution in [0, 0.1) is 11.7 Å². The summed E-state index contributed by atoms with van der Waals surface area (Å²) >= 11 is 0. The van der Waals surface area contributed by atoms with E-state index in [4.69, 9.17) is 4.74 Å². The zero-order chi connectivity index (χ0) is 15.9. The molecule has 0 unspecified atom stereocenters. The van der Waals surface area contributed by atoms with Crippen LogP contribution in [0.4, 0.5) is 4.39 Å². The van der Waals surface area contributed by atoms with E-state index in [0.29, 0.717) is 12.0 Å². The molecule has 2 atom stereocenters. The smallest absolute Gasteiger partial charge is 0.123 e. The first kappa shape index (κ1) is 17.4. The number of halogens is 1. The third-order valence-electron chi connectivity index (χ3n) is 4.54. The van der Waals surface area contributed by atoms with E-state index < -0.39 is 0 Å². The highest BCUT2D eigenvalue weighted by molar-refractivity contribution is 5.21. The summed E-state index contributed by atoms with van der Waals surface area (Å²) in [5, 5.41) is 3.68. The number of morpholine rings is 1. The molecule has 1 aromatic rings. The largest absolute Gasteiger partial charge is 0.379 e. The summed E-state index contributed by atoms with van der Waals surface area (Å²) < 4.78 is 19.1. The van der Waals surface area contributed by atoms with Crippen LogP contribution in [0.15, 0.2) is 24.3 Å². The molecule has 0 bridgehead atoms. The molecule has 0 aromatic heterocycles. The van der Waals surface area contributed by atoms with Crippen molar-refractivity contribution in [2.45, 2.75) is 39.3 Å². The molecule has 1 fully saturated rings. The second kappa shape index (κ2) is 8.61. The van der Waals surface area contributed by atoms with Gasteiger partial charge in [0.05, 0.1) is 13.2 Å². The first-order valence-electron chi connectivity index (χ1n) is 8.42. The van der Waals surface area contributed by atoms with Crippen LogP contribution in [0.5, 0.6) is 0 Å². The van der Waals surface area contributed by atoms with Crippen molar-refractivity contribution in [2.24, 2.45) is 5.92 Å². The first-order chi connectivity index (χ1) is 10.6. The van der Waals surface area contributed by atoms with Crippen molar-refractivity contribution in [3.63, 3.8) is 0 Å². The van der Waals surface area contributed by atoms with Gasteiger partial charge < -0.3 is 10.1 Å². The van der Waals surface area contributed by atoms with E-state index in [-0.39, 0.29) is 11.9 Å². The number of nitrogens with zero attached hydrogens (tertiary/aromatic N) is 1. The van der Waals surface area contributed by atoms with Gasteiger partial charge in [0.2, 0.25) is 0 Å². The van der Waals surface area contributed by atoms with Gasteiger partial charge in [-0.1, -0.05) is 32.9 Å². The number of nitrogens with one attached hydrogen (secondary N) is 1. The number of benzene rings is 1. The third kappa shape index (κ3) is 4.77. The third-order valence-corrected chi connectivity index (χ3v) is 4.54. The Morgan fingerprint density at radius 2 is 2.00 bits per heavy atom. The van der Waals surface area contributed by atoms with Gasteiger partial charge >= 0.3 is 0 Å². The van der Waals surface area contributed by atoms with Gasteiger partial charge in [0, 0.05) is 31.7 Å². The van der Waals surface area contributed by atoms with Gasteiger partial charge in [-0.3, -0.25) is 4.90 Å². The summed E-state index contributed by atoms with van der Waals surface area (Å²) in [6, 6.07) is 7.71. The average Bonchev–Trinajstić information content (AvgIpc) is 2.52. The molecule has 1 N–H and O–H groups in total. The molecule has 4 heteroatoms. The molecule has 1 aliphatic heterocycles. The highest BCUT2D eigenvalue weighted by Gasteiger charge is 2.24. The SMILES string of the molecule is CC[C@H](NC[C@H](c1cccc(F)c1)N1CCOCC1)C(C)C. The van der Waals surface area contributed by atoms with E-state index in [1.54, 1.807) is 12.1 Å². The lowest BCUT2D eigenvalue weighted by molar-refractivity contribution is 0.0152. The molecule has 22 heavy (non-hydrogen) atoms. The maximum Gasteiger partial charge on any atom is 0.123 e. The minimum absolute atomic E-state index is 0.160. The van der Waals surface area contributed by atoms with Gasteiger partial charge in [0.15, 0.2) is 0 Å². The lowest BCUT2D eigenvalue weighted by Crippen LogP contribution is -2.45. The topological polar surface area (TPSA) is 24.5 Å². The summed E-state index contributed by atoms with van der Waals surface area (Å²) in [6.07, 6.45) is 1.11. The molecule has 1 aliphatic rings. The zero-order valence-electron chi connectivity index (χ0n) is 14.0. The van der Waals surface area contributed by atoms with Crippen LogP contribution in [-0.2, 0) is 4.74 Å². The van der Waals surface area contributed by atoms with Crippen molar-refractivity contribution in [3.05, 3.63) is 35.6 Å². The van der Waals surface area contributed by atoms with E-state index in [2.05, 4.69) is 31.0 Å². The Morgan fingerprint density at radius 1 is 1.27 bits per heavy atom. The standard InChI is InChI=1S/C18H29FN2O/c1-4-17(14(2)3)20-13-18(21-8-10-22-11-9-21)15-6-5-7-16(19)12-15/h5-7,12,14,17-18,20H,4,8-11,13H2,1-3H3/t17-,18+/m0/s1. The van der Waals surface area contributed by atoms with Gasteiger partial charge in [0.1, 0.15) is 5.82 Å². The zero-order valence-corrected chi connectivity index (χ0v) is 14.0. The van der Waals surface area contributed by atoms with Crippen molar-refractivity contribution in [1.29, 1.82) is 0 Å². The first-order valence-corrected chi connectivity index (χ1v) is 8.42. The van der Waals surface area contributed by atoms with Gasteiger partial charge in [-0.2, -0.15) is 0 Å². The molecule has 0 saturated carbocycles. The molecular weight excluding hydrogens is 279 g/mol. The molecule has 2 rings (SSSR count). The predicted octanol–water partition coefficient (Wildman–Crippen LogP) is 3.22. The Morgan fingerprint density at radius 3 is 2.59 bits per heavy atom. The lowest BCUT2D eigenvalue weighted by atomic mass is 9.99. The lowest BCUT2D eigenvalue weighted by Gasteiger charge is -2.36. The number of rotatable bonds is 7. The molecule has 0 radical (unpaired) electrons. The monoisotopic (exact) mass is 308 g/mol. The van der Waals surface area contributed by atoms with Crippen LogP contribution in [0.3, 0.4) is 0 Å². The summed E-state index contributed by atoms with van der Waals surface area (Å²) in [5.74, 6) is 0.439. The average molecular weight is 308 g/mol. The fourth-order valence-electron chi connectivity index (χ4n) is 3.18. The summed E-state index contributed by atoms with van der Waals surface area (Å²) in [6.45, 7) is 10.9. The predicted molar refractivity (Wildman–Crippen MR) is 88.5 cm³/mol. The van der Waals surface area contributed by atoms with Crippen LogP contribution in [0.2, 0.25) is 0 Å². The van der Waals surface area contributed by atoms with E-state index in [1.165, 1.54) is 6.07 Å². The van der Waals surface area contributed by atoms with Crippen LogP contribution < -0.4 is 5.32 Å². The highest BCUT2D eigenvalue weighted by atomic mass is 19.1. The second-order valence-electron chi connectivity index (χ2n) is 6.39. The maximum atomic E-state index is 13.6. The molecule has 1 aromatic carbocycles. The Balaban J connectivity index is 2.10. The quantitative estimate of drug-likeness (QED) is 0.837. The molecule has 0 spiro atoms. The fraction of sp³-hybridized carbons (Fsp3) is 0.667. The normalized spacial score (nSPS) is 19.3. The maximum absolute atomic E-state index is 13.6. The van der Waals surface area contributed by atoms with Gasteiger partial charge in [0.25, 0.3) is 0 Å². The fourth-order valence-corrected chi connectivity index (χ4v) is 3.18. The number of ether oxygens (including phenoxy) is 1. The number of hydrogen-bond donors (Lipinski definition) is 1. The van der Waals surface area contributed by atoms with E-state index in [9.17, 15) is 4.39 Å². The van der Waals surface area contributed by atoms with E-state index in [1.807, 2.05) is 6.07 Å². The van der Waals surface area contributed by atoms with E-state index in [0.717, 1.165) is 44.8 Å².